The standard InChI is InChI=1S/C17H21ClN4O2/c1-11-20-21-16(24-11)17-5-3-4-13(17)9-22(10-17)8-12-6-14(18)15(23-2)19-7-12/h6-7,13H,3-5,8-10H2,1-2H3/t13-,17-/m0/s1. The first-order valence-corrected chi connectivity index (χ1v) is 8.70. The van der Waals surface area contributed by atoms with Crippen LogP contribution in [0.5, 0.6) is 5.88 Å². The van der Waals surface area contributed by atoms with E-state index in [1.165, 1.54) is 12.8 Å². The third-order valence-corrected chi connectivity index (χ3v) is 5.63. The first kappa shape index (κ1) is 15.8. The number of likely N-dealkylation sites (tertiary alicyclic amines) is 1. The zero-order chi connectivity index (χ0) is 16.7. The van der Waals surface area contributed by atoms with Crippen molar-refractivity contribution in [3.8, 4) is 5.88 Å². The summed E-state index contributed by atoms with van der Waals surface area (Å²) in [5, 5.41) is 8.95. The van der Waals surface area contributed by atoms with Crippen LogP contribution in [0, 0.1) is 12.8 Å². The summed E-state index contributed by atoms with van der Waals surface area (Å²) in [7, 11) is 1.58. The van der Waals surface area contributed by atoms with Crippen molar-refractivity contribution in [1.82, 2.24) is 20.1 Å². The van der Waals surface area contributed by atoms with Crippen LogP contribution in [0.1, 0.15) is 36.6 Å². The fourth-order valence-corrected chi connectivity index (χ4v) is 4.59. The van der Waals surface area contributed by atoms with Gasteiger partial charge in [-0.2, -0.15) is 0 Å². The molecule has 1 saturated carbocycles. The van der Waals surface area contributed by atoms with Gasteiger partial charge in [0.1, 0.15) is 5.02 Å². The molecule has 3 heterocycles. The van der Waals surface area contributed by atoms with Crippen LogP contribution in [-0.2, 0) is 12.0 Å². The second-order valence-corrected chi connectivity index (χ2v) is 7.28. The molecule has 0 bridgehead atoms. The highest BCUT2D eigenvalue weighted by atomic mass is 35.5. The summed E-state index contributed by atoms with van der Waals surface area (Å²) in [6.45, 7) is 4.67. The van der Waals surface area contributed by atoms with Gasteiger partial charge in [-0.05, 0) is 30.4 Å². The van der Waals surface area contributed by atoms with Gasteiger partial charge in [-0.15, -0.1) is 10.2 Å². The molecule has 2 aromatic heterocycles. The Morgan fingerprint density at radius 3 is 3.04 bits per heavy atom. The van der Waals surface area contributed by atoms with Gasteiger partial charge in [-0.25, -0.2) is 4.98 Å². The van der Waals surface area contributed by atoms with E-state index in [-0.39, 0.29) is 5.41 Å². The Bertz CT molecular complexity index is 750. The first-order valence-electron chi connectivity index (χ1n) is 8.32. The van der Waals surface area contributed by atoms with Crippen LogP contribution in [0.4, 0.5) is 0 Å². The van der Waals surface area contributed by atoms with Crippen molar-refractivity contribution in [2.75, 3.05) is 20.2 Å². The number of aromatic nitrogens is 3. The molecular formula is C17H21ClN4O2. The largest absolute Gasteiger partial charge is 0.480 e. The van der Waals surface area contributed by atoms with Crippen LogP contribution in [0.2, 0.25) is 5.02 Å². The number of methoxy groups -OCH3 is 1. The van der Waals surface area contributed by atoms with Crippen molar-refractivity contribution in [1.29, 1.82) is 0 Å². The molecule has 0 radical (unpaired) electrons. The average Bonchev–Trinajstić information content (AvgIpc) is 3.21. The number of pyridine rings is 1. The molecule has 2 aromatic rings. The lowest BCUT2D eigenvalue weighted by Gasteiger charge is -2.24. The van der Waals surface area contributed by atoms with E-state index < -0.39 is 0 Å². The van der Waals surface area contributed by atoms with E-state index >= 15 is 0 Å². The van der Waals surface area contributed by atoms with E-state index in [0.717, 1.165) is 37.5 Å². The molecule has 7 heteroatoms. The molecule has 0 N–H and O–H groups in total. The molecule has 0 aromatic carbocycles. The predicted molar refractivity (Wildman–Crippen MR) is 89.1 cm³/mol. The molecule has 1 aliphatic heterocycles. The zero-order valence-corrected chi connectivity index (χ0v) is 14.7. The molecule has 0 spiro atoms. The van der Waals surface area contributed by atoms with Gasteiger partial charge in [0.15, 0.2) is 0 Å². The third kappa shape index (κ3) is 2.58. The Morgan fingerprint density at radius 1 is 1.46 bits per heavy atom. The van der Waals surface area contributed by atoms with Gasteiger partial charge in [-0.1, -0.05) is 18.0 Å². The van der Waals surface area contributed by atoms with Crippen LogP contribution in [0.3, 0.4) is 0 Å². The summed E-state index contributed by atoms with van der Waals surface area (Å²) in [6.07, 6.45) is 5.41. The number of rotatable bonds is 4. The lowest BCUT2D eigenvalue weighted by molar-refractivity contribution is 0.265. The molecular weight excluding hydrogens is 328 g/mol. The van der Waals surface area contributed by atoms with Crippen molar-refractivity contribution in [3.05, 3.63) is 34.6 Å². The number of hydrogen-bond acceptors (Lipinski definition) is 6. The SMILES string of the molecule is COc1ncc(CN2C[C@@H]3CCC[C@]3(c3nnc(C)o3)C2)cc1Cl. The highest BCUT2D eigenvalue weighted by molar-refractivity contribution is 6.31. The highest BCUT2D eigenvalue weighted by Gasteiger charge is 2.53. The Hall–Kier alpha value is -1.66. The molecule has 1 aliphatic carbocycles. The van der Waals surface area contributed by atoms with Crippen molar-refractivity contribution in [3.63, 3.8) is 0 Å². The Labute approximate surface area is 146 Å². The molecule has 24 heavy (non-hydrogen) atoms. The summed E-state index contributed by atoms with van der Waals surface area (Å²) in [5.41, 5.74) is 1.11. The number of ether oxygens (including phenoxy) is 1. The molecule has 2 fully saturated rings. The molecule has 2 atom stereocenters. The maximum absolute atomic E-state index is 6.20. The van der Waals surface area contributed by atoms with Gasteiger partial charge in [0.25, 0.3) is 0 Å². The van der Waals surface area contributed by atoms with Gasteiger partial charge >= 0.3 is 0 Å². The monoisotopic (exact) mass is 348 g/mol. The number of hydrogen-bond donors (Lipinski definition) is 0. The molecule has 4 rings (SSSR count). The molecule has 6 nitrogen and oxygen atoms in total. The van der Waals surface area contributed by atoms with E-state index in [1.54, 1.807) is 7.11 Å². The minimum Gasteiger partial charge on any atom is -0.480 e. The summed E-state index contributed by atoms with van der Waals surface area (Å²) in [4.78, 5) is 6.72. The Kier molecular flexibility index (Phi) is 3.96. The lowest BCUT2D eigenvalue weighted by Crippen LogP contribution is -2.32. The van der Waals surface area contributed by atoms with Gasteiger partial charge in [-0.3, -0.25) is 4.90 Å². The minimum absolute atomic E-state index is 0.0188. The average molecular weight is 349 g/mol. The first-order chi connectivity index (χ1) is 11.6. The summed E-state index contributed by atoms with van der Waals surface area (Å²) in [6, 6.07) is 1.94. The number of halogens is 1. The Morgan fingerprint density at radius 2 is 2.33 bits per heavy atom. The topological polar surface area (TPSA) is 64.3 Å². The predicted octanol–water partition coefficient (Wildman–Crippen LogP) is 2.99. The molecule has 0 unspecified atom stereocenters. The Balaban J connectivity index is 1.54. The molecule has 2 aliphatic rings. The van der Waals surface area contributed by atoms with E-state index in [4.69, 9.17) is 20.8 Å². The van der Waals surface area contributed by atoms with Crippen LogP contribution in [0.25, 0.3) is 0 Å². The molecule has 0 amide bonds. The van der Waals surface area contributed by atoms with Crippen LogP contribution < -0.4 is 4.74 Å². The fraction of sp³-hybridized carbons (Fsp3) is 0.588. The minimum atomic E-state index is 0.0188. The maximum atomic E-state index is 6.20. The van der Waals surface area contributed by atoms with Crippen LogP contribution in [-0.4, -0.2) is 40.3 Å². The fourth-order valence-electron chi connectivity index (χ4n) is 4.32. The van der Waals surface area contributed by atoms with E-state index in [2.05, 4.69) is 20.1 Å². The smallest absolute Gasteiger partial charge is 0.232 e. The van der Waals surface area contributed by atoms with Gasteiger partial charge in [0.05, 0.1) is 12.5 Å². The van der Waals surface area contributed by atoms with Crippen molar-refractivity contribution in [2.45, 2.75) is 38.1 Å². The van der Waals surface area contributed by atoms with E-state index in [1.807, 2.05) is 19.2 Å². The number of aryl methyl sites for hydroxylation is 1. The second kappa shape index (κ2) is 6.01. The molecule has 128 valence electrons. The van der Waals surface area contributed by atoms with Gasteiger partial charge in [0, 0.05) is 32.8 Å². The summed E-state index contributed by atoms with van der Waals surface area (Å²) in [5.74, 6) is 2.51. The van der Waals surface area contributed by atoms with Crippen molar-refractivity contribution < 1.29 is 9.15 Å². The van der Waals surface area contributed by atoms with Gasteiger partial charge < -0.3 is 9.15 Å². The third-order valence-electron chi connectivity index (χ3n) is 5.36. The molecule has 1 saturated heterocycles. The lowest BCUT2D eigenvalue weighted by atomic mass is 9.80. The summed E-state index contributed by atoms with van der Waals surface area (Å²) >= 11 is 6.20. The number of fused-ring (bicyclic) bond motifs is 1. The van der Waals surface area contributed by atoms with Crippen LogP contribution in [0.15, 0.2) is 16.7 Å². The van der Waals surface area contributed by atoms with E-state index in [0.29, 0.717) is 22.7 Å². The van der Waals surface area contributed by atoms with E-state index in [9.17, 15) is 0 Å². The second-order valence-electron chi connectivity index (χ2n) is 6.88. The van der Waals surface area contributed by atoms with Crippen molar-refractivity contribution in [2.24, 2.45) is 5.92 Å². The van der Waals surface area contributed by atoms with Crippen molar-refractivity contribution >= 4 is 11.6 Å². The van der Waals surface area contributed by atoms with Crippen LogP contribution >= 0.6 is 11.6 Å². The quantitative estimate of drug-likeness (QED) is 0.846. The van der Waals surface area contributed by atoms with Gasteiger partial charge in [0.2, 0.25) is 17.7 Å². The normalized spacial score (nSPS) is 26.7. The summed E-state index contributed by atoms with van der Waals surface area (Å²) < 4.78 is 10.9. The maximum Gasteiger partial charge on any atom is 0.232 e. The number of nitrogens with zero attached hydrogens (tertiary/aromatic N) is 4. The highest BCUT2D eigenvalue weighted by Crippen LogP contribution is 2.50. The zero-order valence-electron chi connectivity index (χ0n) is 14.0.